The molecule has 20 heavy (non-hydrogen) atoms. The zero-order valence-corrected chi connectivity index (χ0v) is 12.9. The summed E-state index contributed by atoms with van der Waals surface area (Å²) in [4.78, 5) is 11.7. The molecule has 0 aliphatic heterocycles. The number of carbonyl (C=O) groups is 1. The maximum atomic E-state index is 11.7. The van der Waals surface area contributed by atoms with Crippen LogP contribution in [0.15, 0.2) is 30.3 Å². The molecule has 0 heterocycles. The molecule has 0 saturated heterocycles. The topological polar surface area (TPSA) is 77.0 Å². The number of benzene rings is 1. The highest BCUT2D eigenvalue weighted by atomic mass is 31.2. The van der Waals surface area contributed by atoms with Gasteiger partial charge in [-0.25, -0.2) is 5.09 Å². The summed E-state index contributed by atoms with van der Waals surface area (Å²) in [6.07, 6.45) is 0. The molecule has 0 saturated carbocycles. The summed E-state index contributed by atoms with van der Waals surface area (Å²) in [6.45, 7) is 4.38. The largest absolute Gasteiger partial charge is 0.436 e. The van der Waals surface area contributed by atoms with Crippen LogP contribution >= 0.6 is 8.53 Å². The first-order chi connectivity index (χ1) is 9.31. The van der Waals surface area contributed by atoms with E-state index in [4.69, 9.17) is 13.8 Å². The summed E-state index contributed by atoms with van der Waals surface area (Å²) in [5.41, 5.74) is 0. The van der Waals surface area contributed by atoms with Crippen molar-refractivity contribution in [3.63, 3.8) is 0 Å². The van der Waals surface area contributed by atoms with Crippen LogP contribution in [0.25, 0.3) is 0 Å². The van der Waals surface area contributed by atoms with Crippen LogP contribution in [0.3, 0.4) is 0 Å². The van der Waals surface area contributed by atoms with Crippen LogP contribution < -0.4 is 9.61 Å². The molecule has 2 unspecified atom stereocenters. The minimum Gasteiger partial charge on any atom is -0.436 e. The molecule has 112 valence electrons. The second kappa shape index (κ2) is 7.55. The van der Waals surface area contributed by atoms with Crippen molar-refractivity contribution in [2.24, 2.45) is 0 Å². The third kappa shape index (κ3) is 6.30. The van der Waals surface area contributed by atoms with Crippen molar-refractivity contribution < 1.29 is 23.7 Å². The van der Waals surface area contributed by atoms with E-state index in [9.17, 15) is 9.90 Å². The minimum absolute atomic E-state index is 0.585. The van der Waals surface area contributed by atoms with E-state index in [2.05, 4.69) is 5.09 Å². The molecule has 1 aromatic carbocycles. The van der Waals surface area contributed by atoms with Gasteiger partial charge in [-0.1, -0.05) is 18.2 Å². The number of hydrogen-bond acceptors (Lipinski definition) is 6. The number of nitrogens with one attached hydrogen (secondary N) is 1. The van der Waals surface area contributed by atoms with Crippen LogP contribution in [0.2, 0.25) is 0 Å². The monoisotopic (exact) mass is 301 g/mol. The second-order valence-corrected chi connectivity index (χ2v) is 5.88. The van der Waals surface area contributed by atoms with Crippen LogP contribution in [-0.2, 0) is 14.1 Å². The molecule has 2 N–H and O–H groups in total. The molecule has 1 aromatic rings. The Balaban J connectivity index is 2.53. The van der Waals surface area contributed by atoms with Crippen LogP contribution in [-0.4, -0.2) is 30.0 Å². The SMILES string of the molecule is COP(NC(C)C(=O)OC(C)(C)O)Oc1ccccc1. The number of esters is 1. The Morgan fingerprint density at radius 3 is 2.45 bits per heavy atom. The van der Waals surface area contributed by atoms with Gasteiger partial charge in [0.05, 0.1) is 0 Å². The van der Waals surface area contributed by atoms with E-state index in [0.29, 0.717) is 5.75 Å². The number of hydrogen-bond donors (Lipinski definition) is 2. The molecule has 0 aromatic heterocycles. The predicted molar refractivity (Wildman–Crippen MR) is 76.0 cm³/mol. The second-order valence-electron chi connectivity index (χ2n) is 4.56. The van der Waals surface area contributed by atoms with E-state index >= 15 is 0 Å². The van der Waals surface area contributed by atoms with E-state index < -0.39 is 26.3 Å². The van der Waals surface area contributed by atoms with Gasteiger partial charge in [-0.15, -0.1) is 0 Å². The Morgan fingerprint density at radius 1 is 1.35 bits per heavy atom. The standard InChI is InChI=1S/C13H20NO5P/c1-10(12(15)18-13(2,3)16)14-20(17-4)19-11-8-6-5-7-9-11/h5-10,14,16H,1-4H3. The zero-order valence-electron chi connectivity index (χ0n) is 12.0. The Labute approximate surface area is 120 Å². The van der Waals surface area contributed by atoms with Gasteiger partial charge in [-0.2, -0.15) is 0 Å². The van der Waals surface area contributed by atoms with Crippen LogP contribution in [0.5, 0.6) is 5.75 Å². The molecule has 6 nitrogen and oxygen atoms in total. The summed E-state index contributed by atoms with van der Waals surface area (Å²) in [5, 5.41) is 12.3. The molecule has 1 rings (SSSR count). The van der Waals surface area contributed by atoms with Crippen LogP contribution in [0.4, 0.5) is 0 Å². The highest BCUT2D eigenvalue weighted by Gasteiger charge is 2.26. The smallest absolute Gasteiger partial charge is 0.325 e. The average Bonchev–Trinajstić information content (AvgIpc) is 2.37. The molecule has 0 radical (unpaired) electrons. The maximum Gasteiger partial charge on any atom is 0.325 e. The van der Waals surface area contributed by atoms with E-state index in [-0.39, 0.29) is 0 Å². The lowest BCUT2D eigenvalue weighted by Gasteiger charge is -2.23. The summed E-state index contributed by atoms with van der Waals surface area (Å²) >= 11 is 0. The van der Waals surface area contributed by atoms with Gasteiger partial charge in [0, 0.05) is 21.0 Å². The third-order valence-electron chi connectivity index (χ3n) is 2.10. The first-order valence-corrected chi connectivity index (χ1v) is 7.28. The van der Waals surface area contributed by atoms with Crippen molar-refractivity contribution >= 4 is 14.5 Å². The first-order valence-electron chi connectivity index (χ1n) is 6.10. The molecule has 0 aliphatic rings. The van der Waals surface area contributed by atoms with Crippen molar-refractivity contribution in [1.82, 2.24) is 5.09 Å². The number of rotatable bonds is 7. The van der Waals surface area contributed by atoms with Gasteiger partial charge in [0.1, 0.15) is 11.8 Å². The number of aliphatic hydroxyl groups is 1. The molecule has 0 bridgehead atoms. The normalized spacial score (nSPS) is 14.4. The summed E-state index contributed by atoms with van der Waals surface area (Å²) in [6, 6.07) is 8.45. The van der Waals surface area contributed by atoms with Crippen LogP contribution in [0, 0.1) is 0 Å². The Hall–Kier alpha value is -1.20. The van der Waals surface area contributed by atoms with Crippen molar-refractivity contribution in [3.8, 4) is 5.75 Å². The minimum atomic E-state index is -1.51. The highest BCUT2D eigenvalue weighted by molar-refractivity contribution is 7.45. The van der Waals surface area contributed by atoms with Crippen molar-refractivity contribution in [3.05, 3.63) is 30.3 Å². The van der Waals surface area contributed by atoms with Gasteiger partial charge in [0.25, 0.3) is 0 Å². The summed E-state index contributed by atoms with van der Waals surface area (Å²) in [5.74, 6) is -1.46. The van der Waals surface area contributed by atoms with Crippen molar-refractivity contribution in [2.75, 3.05) is 7.11 Å². The molecule has 0 amide bonds. The predicted octanol–water partition coefficient (Wildman–Crippen LogP) is 2.19. The maximum absolute atomic E-state index is 11.7. The highest BCUT2D eigenvalue weighted by Crippen LogP contribution is 2.34. The Morgan fingerprint density at radius 2 is 1.95 bits per heavy atom. The van der Waals surface area contributed by atoms with E-state index in [0.717, 1.165) is 0 Å². The van der Waals surface area contributed by atoms with Crippen LogP contribution in [0.1, 0.15) is 20.8 Å². The van der Waals surface area contributed by atoms with Gasteiger partial charge in [-0.05, 0) is 19.1 Å². The van der Waals surface area contributed by atoms with Gasteiger partial charge in [0.15, 0.2) is 0 Å². The summed E-state index contributed by atoms with van der Waals surface area (Å²) < 4.78 is 15.6. The fourth-order valence-electron chi connectivity index (χ4n) is 1.24. The fraction of sp³-hybridized carbons (Fsp3) is 0.462. The van der Waals surface area contributed by atoms with Gasteiger partial charge in [0.2, 0.25) is 5.79 Å². The van der Waals surface area contributed by atoms with E-state index in [1.807, 2.05) is 18.2 Å². The molecular weight excluding hydrogens is 281 g/mol. The fourth-order valence-corrected chi connectivity index (χ4v) is 2.21. The number of para-hydroxylation sites is 1. The van der Waals surface area contributed by atoms with Gasteiger partial charge < -0.3 is 18.9 Å². The lowest BCUT2D eigenvalue weighted by Crippen LogP contribution is -2.38. The molecule has 2 atom stereocenters. The number of ether oxygens (including phenoxy) is 1. The molecule has 0 aliphatic carbocycles. The molecule has 7 heteroatoms. The van der Waals surface area contributed by atoms with Crippen molar-refractivity contribution in [2.45, 2.75) is 32.6 Å². The van der Waals surface area contributed by atoms with Crippen molar-refractivity contribution in [1.29, 1.82) is 0 Å². The quantitative estimate of drug-likeness (QED) is 0.457. The summed E-state index contributed by atoms with van der Waals surface area (Å²) in [7, 11) is 0.00120. The molecule has 0 fully saturated rings. The zero-order chi connectivity index (χ0) is 15.2. The number of carbonyl (C=O) groups excluding carboxylic acids is 1. The average molecular weight is 301 g/mol. The molecule has 0 spiro atoms. The first kappa shape index (κ1) is 16.9. The lowest BCUT2D eigenvalue weighted by atomic mass is 10.3. The molecular formula is C13H20NO5P. The Bertz CT molecular complexity index is 421. The van der Waals surface area contributed by atoms with Gasteiger partial charge in [-0.3, -0.25) is 4.79 Å². The lowest BCUT2D eigenvalue weighted by molar-refractivity contribution is -0.196. The van der Waals surface area contributed by atoms with Gasteiger partial charge >= 0.3 is 14.5 Å². The third-order valence-corrected chi connectivity index (χ3v) is 3.41. The van der Waals surface area contributed by atoms with E-state index in [1.165, 1.54) is 21.0 Å². The van der Waals surface area contributed by atoms with E-state index in [1.54, 1.807) is 19.1 Å². The Kier molecular flexibility index (Phi) is 6.36.